The van der Waals surface area contributed by atoms with E-state index in [1.807, 2.05) is 42.5 Å². The van der Waals surface area contributed by atoms with Gasteiger partial charge in [-0.1, -0.05) is 36.4 Å². The summed E-state index contributed by atoms with van der Waals surface area (Å²) in [6, 6.07) is 17.8. The minimum Gasteiger partial charge on any atom is -0.492 e. The number of hydrogen-bond acceptors (Lipinski definition) is 5. The van der Waals surface area contributed by atoms with Crippen molar-refractivity contribution >= 4 is 38.7 Å². The molecular weight excluding hydrogens is 364 g/mol. The highest BCUT2D eigenvalue weighted by molar-refractivity contribution is 7.19. The van der Waals surface area contributed by atoms with Gasteiger partial charge in [0.05, 0.1) is 12.7 Å². The van der Waals surface area contributed by atoms with Gasteiger partial charge in [-0.15, -0.1) is 22.7 Å². The van der Waals surface area contributed by atoms with E-state index in [-0.39, 0.29) is 5.91 Å². The maximum absolute atomic E-state index is 12.3. The Morgan fingerprint density at radius 3 is 2.77 bits per heavy atom. The van der Waals surface area contributed by atoms with E-state index in [0.717, 1.165) is 16.3 Å². The molecule has 0 saturated heterocycles. The number of carbonyl (C=O) groups is 1. The van der Waals surface area contributed by atoms with Crippen LogP contribution in [0.4, 0.5) is 0 Å². The van der Waals surface area contributed by atoms with Crippen molar-refractivity contribution < 1.29 is 9.53 Å². The van der Waals surface area contributed by atoms with Crippen molar-refractivity contribution in [2.45, 2.75) is 0 Å². The molecular formula is C20H16N2O2S2. The van der Waals surface area contributed by atoms with Gasteiger partial charge in [0.15, 0.2) is 0 Å². The third-order valence-electron chi connectivity index (χ3n) is 3.84. The fourth-order valence-corrected chi connectivity index (χ4v) is 4.47. The number of rotatable bonds is 6. The zero-order valence-corrected chi connectivity index (χ0v) is 15.5. The van der Waals surface area contributed by atoms with Crippen LogP contribution in [0.3, 0.4) is 0 Å². The molecule has 1 amide bonds. The number of carbonyl (C=O) groups excluding carboxylic acids is 1. The van der Waals surface area contributed by atoms with Crippen molar-refractivity contribution in [1.29, 1.82) is 0 Å². The molecule has 2 heterocycles. The summed E-state index contributed by atoms with van der Waals surface area (Å²) in [5.74, 6) is 0.677. The smallest absolute Gasteiger partial charge is 0.263 e. The fourth-order valence-electron chi connectivity index (χ4n) is 2.58. The van der Waals surface area contributed by atoms with Crippen molar-refractivity contribution in [3.8, 4) is 16.3 Å². The lowest BCUT2D eigenvalue weighted by molar-refractivity contribution is 0.0951. The second kappa shape index (κ2) is 7.68. The number of benzene rings is 2. The Balaban J connectivity index is 1.37. The number of amides is 1. The van der Waals surface area contributed by atoms with Crippen LogP contribution in [0.1, 0.15) is 9.67 Å². The first-order valence-corrected chi connectivity index (χ1v) is 9.89. The van der Waals surface area contributed by atoms with Gasteiger partial charge in [-0.3, -0.25) is 4.79 Å². The quantitative estimate of drug-likeness (QED) is 0.487. The topological polar surface area (TPSA) is 51.2 Å². The summed E-state index contributed by atoms with van der Waals surface area (Å²) in [5, 5.41) is 7.01. The minimum atomic E-state index is -0.120. The van der Waals surface area contributed by atoms with E-state index >= 15 is 0 Å². The molecule has 0 radical (unpaired) electrons. The lowest BCUT2D eigenvalue weighted by atomic mass is 10.2. The zero-order valence-electron chi connectivity index (χ0n) is 13.8. The summed E-state index contributed by atoms with van der Waals surface area (Å²) in [5.41, 5.74) is 1.09. The van der Waals surface area contributed by atoms with Crippen LogP contribution in [0.15, 0.2) is 66.2 Å². The molecule has 0 aliphatic rings. The zero-order chi connectivity index (χ0) is 17.8. The van der Waals surface area contributed by atoms with Crippen molar-refractivity contribution in [3.63, 3.8) is 0 Å². The highest BCUT2D eigenvalue weighted by Gasteiger charge is 2.14. The summed E-state index contributed by atoms with van der Waals surface area (Å²) >= 11 is 3.10. The van der Waals surface area contributed by atoms with Crippen LogP contribution in [-0.2, 0) is 0 Å². The first-order valence-electron chi connectivity index (χ1n) is 8.20. The largest absolute Gasteiger partial charge is 0.492 e. The van der Waals surface area contributed by atoms with Crippen molar-refractivity contribution in [1.82, 2.24) is 10.3 Å². The number of fused-ring (bicyclic) bond motifs is 1. The van der Waals surface area contributed by atoms with E-state index in [0.29, 0.717) is 18.0 Å². The maximum atomic E-state index is 12.3. The molecule has 0 atom stereocenters. The van der Waals surface area contributed by atoms with Gasteiger partial charge in [0, 0.05) is 21.0 Å². The monoisotopic (exact) mass is 380 g/mol. The molecule has 0 aliphatic heterocycles. The Bertz CT molecular complexity index is 1020. The number of para-hydroxylation sites is 1. The molecule has 0 unspecified atom stereocenters. The second-order valence-corrected chi connectivity index (χ2v) is 7.53. The Labute approximate surface area is 159 Å². The molecule has 26 heavy (non-hydrogen) atoms. The molecule has 1 N–H and O–H groups in total. The van der Waals surface area contributed by atoms with Crippen molar-refractivity contribution in [2.75, 3.05) is 13.2 Å². The molecule has 130 valence electrons. The van der Waals surface area contributed by atoms with E-state index in [4.69, 9.17) is 4.74 Å². The van der Waals surface area contributed by atoms with Crippen LogP contribution in [0.5, 0.6) is 5.75 Å². The van der Waals surface area contributed by atoms with Crippen LogP contribution in [0.25, 0.3) is 20.7 Å². The number of thiazole rings is 1. The molecule has 6 heteroatoms. The molecule has 4 rings (SSSR count). The molecule has 4 nitrogen and oxygen atoms in total. The number of nitrogens with zero attached hydrogens (tertiary/aromatic N) is 1. The third-order valence-corrected chi connectivity index (χ3v) is 5.83. The molecule has 0 spiro atoms. The fraction of sp³-hybridized carbons (Fsp3) is 0.100. The standard InChI is InChI=1S/C20H16N2O2S2/c23-19(21-10-11-24-14-6-2-1-3-7-14)18-12-22-20(26-18)16-13-25-17-9-5-4-8-15(16)17/h1-9,12-13H,10-11H2,(H,21,23). The van der Waals surface area contributed by atoms with Crippen LogP contribution < -0.4 is 10.1 Å². The maximum Gasteiger partial charge on any atom is 0.263 e. The highest BCUT2D eigenvalue weighted by atomic mass is 32.1. The normalized spacial score (nSPS) is 10.8. The predicted molar refractivity (Wildman–Crippen MR) is 107 cm³/mol. The third kappa shape index (κ3) is 3.61. The van der Waals surface area contributed by atoms with Crippen molar-refractivity contribution in [3.05, 3.63) is 71.1 Å². The Morgan fingerprint density at radius 2 is 1.88 bits per heavy atom. The lowest BCUT2D eigenvalue weighted by Gasteiger charge is -2.06. The average Bonchev–Trinajstić information content (AvgIpc) is 3.33. The average molecular weight is 380 g/mol. The molecule has 2 aromatic carbocycles. The Morgan fingerprint density at radius 1 is 1.08 bits per heavy atom. The number of aromatic nitrogens is 1. The SMILES string of the molecule is O=C(NCCOc1ccccc1)c1cnc(-c2csc3ccccc23)s1. The number of ether oxygens (including phenoxy) is 1. The van der Waals surface area contributed by atoms with E-state index in [1.54, 1.807) is 17.5 Å². The van der Waals surface area contributed by atoms with Crippen LogP contribution >= 0.6 is 22.7 Å². The molecule has 0 aliphatic carbocycles. The molecule has 0 bridgehead atoms. The molecule has 0 fully saturated rings. The summed E-state index contributed by atoms with van der Waals surface area (Å²) in [6.45, 7) is 0.874. The number of thiophene rings is 1. The van der Waals surface area contributed by atoms with Gasteiger partial charge in [0.1, 0.15) is 22.2 Å². The van der Waals surface area contributed by atoms with Gasteiger partial charge in [0.2, 0.25) is 0 Å². The van der Waals surface area contributed by atoms with Crippen LogP contribution in [0, 0.1) is 0 Å². The Kier molecular flexibility index (Phi) is 4.95. The lowest BCUT2D eigenvalue weighted by Crippen LogP contribution is -2.27. The summed E-state index contributed by atoms with van der Waals surface area (Å²) < 4.78 is 6.80. The number of hydrogen-bond donors (Lipinski definition) is 1. The van der Waals surface area contributed by atoms with Gasteiger partial charge in [-0.05, 0) is 18.2 Å². The van der Waals surface area contributed by atoms with E-state index in [1.165, 1.54) is 21.4 Å². The molecule has 4 aromatic rings. The van der Waals surface area contributed by atoms with Crippen LogP contribution in [0.2, 0.25) is 0 Å². The van der Waals surface area contributed by atoms with Gasteiger partial charge < -0.3 is 10.1 Å². The van der Waals surface area contributed by atoms with Crippen LogP contribution in [-0.4, -0.2) is 24.0 Å². The van der Waals surface area contributed by atoms with Gasteiger partial charge in [-0.25, -0.2) is 4.98 Å². The van der Waals surface area contributed by atoms with E-state index in [2.05, 4.69) is 27.8 Å². The summed E-state index contributed by atoms with van der Waals surface area (Å²) in [6.07, 6.45) is 1.64. The highest BCUT2D eigenvalue weighted by Crippen LogP contribution is 2.35. The van der Waals surface area contributed by atoms with Gasteiger partial charge >= 0.3 is 0 Å². The Hall–Kier alpha value is -2.70. The minimum absolute atomic E-state index is 0.120. The molecule has 0 saturated carbocycles. The number of nitrogens with one attached hydrogen (secondary N) is 1. The van der Waals surface area contributed by atoms with Gasteiger partial charge in [-0.2, -0.15) is 0 Å². The molecule has 2 aromatic heterocycles. The van der Waals surface area contributed by atoms with E-state index in [9.17, 15) is 4.79 Å². The van der Waals surface area contributed by atoms with E-state index < -0.39 is 0 Å². The van der Waals surface area contributed by atoms with Gasteiger partial charge in [0.25, 0.3) is 5.91 Å². The van der Waals surface area contributed by atoms with Crippen molar-refractivity contribution in [2.24, 2.45) is 0 Å². The summed E-state index contributed by atoms with van der Waals surface area (Å²) in [7, 11) is 0. The predicted octanol–water partition coefficient (Wildman–Crippen LogP) is 4.83. The first kappa shape index (κ1) is 16.8. The second-order valence-electron chi connectivity index (χ2n) is 5.59. The summed E-state index contributed by atoms with van der Waals surface area (Å²) in [4.78, 5) is 17.4. The first-order chi connectivity index (χ1) is 12.8.